The quantitative estimate of drug-likeness (QED) is 0.763. The van der Waals surface area contributed by atoms with E-state index in [-0.39, 0.29) is 12.5 Å². The lowest BCUT2D eigenvalue weighted by Gasteiger charge is -2.13. The number of amides is 1. The van der Waals surface area contributed by atoms with Crippen LogP contribution in [0.3, 0.4) is 0 Å². The Labute approximate surface area is 113 Å². The van der Waals surface area contributed by atoms with Crippen LogP contribution in [-0.4, -0.2) is 26.1 Å². The van der Waals surface area contributed by atoms with Gasteiger partial charge in [0.1, 0.15) is 5.75 Å². The fraction of sp³-hybridized carbons (Fsp3) is 0.400. The molecule has 1 amide bonds. The van der Waals surface area contributed by atoms with Crippen LogP contribution < -0.4 is 15.4 Å². The van der Waals surface area contributed by atoms with Crippen LogP contribution >= 0.6 is 0 Å². The Morgan fingerprint density at radius 1 is 1.58 bits per heavy atom. The summed E-state index contributed by atoms with van der Waals surface area (Å²) < 4.78 is 5.63. The average molecular weight is 260 g/mol. The summed E-state index contributed by atoms with van der Waals surface area (Å²) in [6.45, 7) is 4.07. The molecule has 1 aromatic rings. The summed E-state index contributed by atoms with van der Waals surface area (Å²) in [6, 6.07) is 6.42. The zero-order valence-electron chi connectivity index (χ0n) is 11.2. The van der Waals surface area contributed by atoms with Crippen molar-refractivity contribution in [3.05, 3.63) is 42.0 Å². The minimum absolute atomic E-state index is 0.0501. The third-order valence-electron chi connectivity index (χ3n) is 3.38. The standard InChI is InChI=1S/C15H20N2O2/c1-3-9-17-15(18)10-19-14-6-4-5-11-12(14)7-8-13(11)16-2/h3-6,13,16H,1,7-10H2,2H3,(H,17,18). The lowest BCUT2D eigenvalue weighted by molar-refractivity contribution is -0.122. The molecule has 1 aliphatic rings. The van der Waals surface area contributed by atoms with Gasteiger partial charge in [-0.05, 0) is 37.1 Å². The molecule has 1 atom stereocenters. The zero-order chi connectivity index (χ0) is 13.7. The number of fused-ring (bicyclic) bond motifs is 1. The van der Waals surface area contributed by atoms with Crippen LogP contribution in [-0.2, 0) is 11.2 Å². The molecule has 0 fully saturated rings. The molecule has 0 radical (unpaired) electrons. The predicted octanol–water partition coefficient (Wildman–Crippen LogP) is 1.57. The first kappa shape index (κ1) is 13.6. The SMILES string of the molecule is C=CCNC(=O)COc1cccc2c1CCC2NC. The molecule has 0 aromatic heterocycles. The molecular weight excluding hydrogens is 240 g/mol. The van der Waals surface area contributed by atoms with Crippen molar-refractivity contribution in [1.82, 2.24) is 10.6 Å². The van der Waals surface area contributed by atoms with E-state index in [4.69, 9.17) is 4.74 Å². The van der Waals surface area contributed by atoms with Crippen molar-refractivity contribution in [2.45, 2.75) is 18.9 Å². The molecule has 4 heteroatoms. The summed E-state index contributed by atoms with van der Waals surface area (Å²) >= 11 is 0. The molecule has 2 N–H and O–H groups in total. The van der Waals surface area contributed by atoms with Gasteiger partial charge in [-0.25, -0.2) is 0 Å². The molecule has 0 saturated carbocycles. The first-order chi connectivity index (χ1) is 9.26. The van der Waals surface area contributed by atoms with E-state index in [2.05, 4.69) is 23.3 Å². The van der Waals surface area contributed by atoms with Crippen molar-refractivity contribution in [2.24, 2.45) is 0 Å². The number of nitrogens with one attached hydrogen (secondary N) is 2. The molecule has 4 nitrogen and oxygen atoms in total. The van der Waals surface area contributed by atoms with E-state index in [0.29, 0.717) is 12.6 Å². The molecular formula is C15H20N2O2. The summed E-state index contributed by atoms with van der Waals surface area (Å²) in [7, 11) is 1.97. The molecule has 1 aromatic carbocycles. The van der Waals surface area contributed by atoms with Gasteiger partial charge in [0, 0.05) is 12.6 Å². The lowest BCUT2D eigenvalue weighted by atomic mass is 10.1. The smallest absolute Gasteiger partial charge is 0.258 e. The summed E-state index contributed by atoms with van der Waals surface area (Å²) in [5.41, 5.74) is 2.50. The monoisotopic (exact) mass is 260 g/mol. The summed E-state index contributed by atoms with van der Waals surface area (Å²) in [4.78, 5) is 11.5. The second-order valence-corrected chi connectivity index (χ2v) is 4.59. The van der Waals surface area contributed by atoms with Gasteiger partial charge in [0.15, 0.2) is 6.61 Å². The fourth-order valence-electron chi connectivity index (χ4n) is 2.44. The summed E-state index contributed by atoms with van der Waals surface area (Å²) in [6.07, 6.45) is 3.72. The number of ether oxygens (including phenoxy) is 1. The van der Waals surface area contributed by atoms with E-state index < -0.39 is 0 Å². The molecule has 0 aliphatic heterocycles. The van der Waals surface area contributed by atoms with Crippen LogP contribution in [0.2, 0.25) is 0 Å². The van der Waals surface area contributed by atoms with Gasteiger partial charge in [-0.1, -0.05) is 18.2 Å². The first-order valence-electron chi connectivity index (χ1n) is 6.55. The van der Waals surface area contributed by atoms with Crippen LogP contribution in [0.4, 0.5) is 0 Å². The maximum absolute atomic E-state index is 11.5. The van der Waals surface area contributed by atoms with Gasteiger partial charge < -0.3 is 15.4 Å². The maximum Gasteiger partial charge on any atom is 0.258 e. The van der Waals surface area contributed by atoms with Gasteiger partial charge >= 0.3 is 0 Å². The minimum atomic E-state index is -0.124. The molecule has 19 heavy (non-hydrogen) atoms. The van der Waals surface area contributed by atoms with Crippen molar-refractivity contribution < 1.29 is 9.53 Å². The number of rotatable bonds is 6. The third kappa shape index (κ3) is 3.15. The van der Waals surface area contributed by atoms with Crippen LogP contribution in [0.5, 0.6) is 5.75 Å². The zero-order valence-corrected chi connectivity index (χ0v) is 11.2. The minimum Gasteiger partial charge on any atom is -0.483 e. The highest BCUT2D eigenvalue weighted by atomic mass is 16.5. The number of hydrogen-bond acceptors (Lipinski definition) is 3. The molecule has 1 aliphatic carbocycles. The second-order valence-electron chi connectivity index (χ2n) is 4.59. The lowest BCUT2D eigenvalue weighted by Crippen LogP contribution is -2.28. The fourth-order valence-corrected chi connectivity index (χ4v) is 2.44. The molecule has 1 unspecified atom stereocenters. The van der Waals surface area contributed by atoms with E-state index in [1.54, 1.807) is 6.08 Å². The van der Waals surface area contributed by atoms with Crippen molar-refractivity contribution in [1.29, 1.82) is 0 Å². The van der Waals surface area contributed by atoms with Crippen molar-refractivity contribution in [3.63, 3.8) is 0 Å². The third-order valence-corrected chi connectivity index (χ3v) is 3.38. The van der Waals surface area contributed by atoms with Gasteiger partial charge in [0.05, 0.1) is 0 Å². The van der Waals surface area contributed by atoms with Gasteiger partial charge in [-0.2, -0.15) is 0 Å². The van der Waals surface area contributed by atoms with E-state index in [1.807, 2.05) is 19.2 Å². The highest BCUT2D eigenvalue weighted by Gasteiger charge is 2.23. The normalized spacial score (nSPS) is 16.8. The topological polar surface area (TPSA) is 50.4 Å². The van der Waals surface area contributed by atoms with Crippen LogP contribution in [0, 0.1) is 0 Å². The Balaban J connectivity index is 2.00. The Hall–Kier alpha value is -1.81. The number of carbonyl (C=O) groups excluding carboxylic acids is 1. The summed E-state index contributed by atoms with van der Waals surface area (Å²) in [5.74, 6) is 0.699. The maximum atomic E-state index is 11.5. The Bertz CT molecular complexity index is 471. The highest BCUT2D eigenvalue weighted by molar-refractivity contribution is 5.77. The highest BCUT2D eigenvalue weighted by Crippen LogP contribution is 2.36. The molecule has 0 bridgehead atoms. The van der Waals surface area contributed by atoms with Gasteiger partial charge in [0.25, 0.3) is 5.91 Å². The molecule has 2 rings (SSSR count). The van der Waals surface area contributed by atoms with Gasteiger partial charge in [-0.3, -0.25) is 4.79 Å². The van der Waals surface area contributed by atoms with Crippen molar-refractivity contribution >= 4 is 5.91 Å². The average Bonchev–Trinajstić information content (AvgIpc) is 2.86. The number of hydrogen-bond donors (Lipinski definition) is 2. The van der Waals surface area contributed by atoms with E-state index >= 15 is 0 Å². The predicted molar refractivity (Wildman–Crippen MR) is 75.3 cm³/mol. The Morgan fingerprint density at radius 3 is 3.16 bits per heavy atom. The van der Waals surface area contributed by atoms with Crippen LogP contribution in [0.15, 0.2) is 30.9 Å². The second kappa shape index (κ2) is 6.38. The van der Waals surface area contributed by atoms with Crippen molar-refractivity contribution in [3.8, 4) is 5.75 Å². The molecule has 0 spiro atoms. The molecule has 0 saturated heterocycles. The first-order valence-corrected chi connectivity index (χ1v) is 6.55. The number of benzene rings is 1. The molecule has 0 heterocycles. The van der Waals surface area contributed by atoms with E-state index in [1.165, 1.54) is 11.1 Å². The molecule has 102 valence electrons. The largest absolute Gasteiger partial charge is 0.483 e. The summed E-state index contributed by atoms with van der Waals surface area (Å²) in [5, 5.41) is 5.99. The van der Waals surface area contributed by atoms with Crippen LogP contribution in [0.1, 0.15) is 23.6 Å². The Morgan fingerprint density at radius 2 is 2.42 bits per heavy atom. The van der Waals surface area contributed by atoms with Crippen molar-refractivity contribution in [2.75, 3.05) is 20.2 Å². The number of carbonyl (C=O) groups is 1. The Kier molecular flexibility index (Phi) is 4.58. The van der Waals surface area contributed by atoms with E-state index in [0.717, 1.165) is 18.6 Å². The van der Waals surface area contributed by atoms with E-state index in [9.17, 15) is 4.79 Å². The van der Waals surface area contributed by atoms with Crippen LogP contribution in [0.25, 0.3) is 0 Å². The van der Waals surface area contributed by atoms with Gasteiger partial charge in [0.2, 0.25) is 0 Å². The van der Waals surface area contributed by atoms with Gasteiger partial charge in [-0.15, -0.1) is 6.58 Å².